The molecule has 1 nitrogen and oxygen atoms in total. The van der Waals surface area contributed by atoms with Gasteiger partial charge in [0.05, 0.1) is 6.10 Å². The summed E-state index contributed by atoms with van der Waals surface area (Å²) in [5.74, 6) is 0.639. The lowest BCUT2D eigenvalue weighted by Crippen LogP contribution is -2.06. The van der Waals surface area contributed by atoms with Crippen LogP contribution in [-0.4, -0.2) is 11.2 Å². The predicted molar refractivity (Wildman–Crippen MR) is 54.1 cm³/mol. The summed E-state index contributed by atoms with van der Waals surface area (Å²) < 4.78 is 0. The van der Waals surface area contributed by atoms with E-state index in [0.717, 1.165) is 12.8 Å². The van der Waals surface area contributed by atoms with Crippen molar-refractivity contribution in [1.82, 2.24) is 0 Å². The Kier molecular flexibility index (Phi) is 6.09. The van der Waals surface area contributed by atoms with Crippen LogP contribution in [0.5, 0.6) is 0 Å². The summed E-state index contributed by atoms with van der Waals surface area (Å²) in [6.07, 6.45) is 5.38. The third-order valence-electron chi connectivity index (χ3n) is 1.96. The fourth-order valence-electron chi connectivity index (χ4n) is 1.36. The molecule has 0 aromatic heterocycles. The van der Waals surface area contributed by atoms with Crippen LogP contribution in [0.2, 0.25) is 0 Å². The molecule has 0 aliphatic heterocycles. The number of aliphatic hydroxyl groups is 1. The van der Waals surface area contributed by atoms with Gasteiger partial charge in [0, 0.05) is 0 Å². The van der Waals surface area contributed by atoms with E-state index in [2.05, 4.69) is 26.8 Å². The van der Waals surface area contributed by atoms with Gasteiger partial charge in [-0.05, 0) is 46.0 Å². The molecule has 1 heteroatoms. The second-order valence-electron chi connectivity index (χ2n) is 4.05. The fraction of sp³-hybridized carbons (Fsp3) is 0.818. The summed E-state index contributed by atoms with van der Waals surface area (Å²) in [6.45, 7) is 8.31. The second-order valence-corrected chi connectivity index (χ2v) is 4.05. The fourth-order valence-corrected chi connectivity index (χ4v) is 1.36. The first-order valence-corrected chi connectivity index (χ1v) is 4.83. The normalized spacial score (nSPS) is 15.4. The van der Waals surface area contributed by atoms with Crippen LogP contribution in [0.4, 0.5) is 0 Å². The van der Waals surface area contributed by atoms with Crippen molar-refractivity contribution in [3.8, 4) is 0 Å². The zero-order valence-electron chi connectivity index (χ0n) is 8.80. The molecule has 0 saturated carbocycles. The van der Waals surface area contributed by atoms with Crippen LogP contribution in [0, 0.1) is 5.92 Å². The number of hydrogen-bond acceptors (Lipinski definition) is 1. The van der Waals surface area contributed by atoms with E-state index < -0.39 is 0 Å². The van der Waals surface area contributed by atoms with E-state index in [9.17, 15) is 0 Å². The van der Waals surface area contributed by atoms with Gasteiger partial charge in [0.25, 0.3) is 0 Å². The van der Waals surface area contributed by atoms with Crippen LogP contribution < -0.4 is 0 Å². The average Bonchev–Trinajstić information content (AvgIpc) is 1.84. The molecular weight excluding hydrogens is 148 g/mol. The highest BCUT2D eigenvalue weighted by Crippen LogP contribution is 2.13. The van der Waals surface area contributed by atoms with Gasteiger partial charge < -0.3 is 5.11 Å². The maximum absolute atomic E-state index is 9.12. The maximum Gasteiger partial charge on any atom is 0.0514 e. The van der Waals surface area contributed by atoms with Crippen LogP contribution in [0.25, 0.3) is 0 Å². The highest BCUT2D eigenvalue weighted by atomic mass is 16.3. The first-order chi connectivity index (χ1) is 5.52. The highest BCUT2D eigenvalue weighted by Gasteiger charge is 2.04. The van der Waals surface area contributed by atoms with Gasteiger partial charge in [-0.1, -0.05) is 18.6 Å². The molecule has 0 radical (unpaired) electrons. The molecule has 0 fully saturated rings. The molecule has 0 bridgehead atoms. The van der Waals surface area contributed by atoms with E-state index >= 15 is 0 Å². The predicted octanol–water partition coefficient (Wildman–Crippen LogP) is 3.14. The quantitative estimate of drug-likeness (QED) is 0.628. The standard InChI is InChI=1S/C11H22O/c1-9(2)6-5-7-10(3)8-11(4)12/h6,10-12H,5,7-8H2,1-4H3/t10-,11-/m0/s1. The van der Waals surface area contributed by atoms with Crippen molar-refractivity contribution in [1.29, 1.82) is 0 Å². The molecule has 0 aliphatic rings. The lowest BCUT2D eigenvalue weighted by atomic mass is 9.98. The van der Waals surface area contributed by atoms with E-state index in [0.29, 0.717) is 5.92 Å². The summed E-state index contributed by atoms with van der Waals surface area (Å²) in [5, 5.41) is 9.12. The van der Waals surface area contributed by atoms with Crippen LogP contribution >= 0.6 is 0 Å². The van der Waals surface area contributed by atoms with Gasteiger partial charge >= 0.3 is 0 Å². The summed E-state index contributed by atoms with van der Waals surface area (Å²) in [7, 11) is 0. The molecular formula is C11H22O. The smallest absolute Gasteiger partial charge is 0.0514 e. The molecule has 0 saturated heterocycles. The summed E-state index contributed by atoms with van der Waals surface area (Å²) in [6, 6.07) is 0. The molecule has 0 aliphatic carbocycles. The number of allylic oxidation sites excluding steroid dienone is 2. The van der Waals surface area contributed by atoms with Gasteiger partial charge in [-0.2, -0.15) is 0 Å². The van der Waals surface area contributed by atoms with E-state index in [4.69, 9.17) is 5.11 Å². The molecule has 1 N–H and O–H groups in total. The van der Waals surface area contributed by atoms with E-state index in [1.54, 1.807) is 0 Å². The highest BCUT2D eigenvalue weighted by molar-refractivity contribution is 4.92. The minimum Gasteiger partial charge on any atom is -0.393 e. The molecule has 72 valence electrons. The van der Waals surface area contributed by atoms with Gasteiger partial charge in [-0.25, -0.2) is 0 Å². The molecule has 0 heterocycles. The minimum atomic E-state index is -0.147. The average molecular weight is 170 g/mol. The Bertz CT molecular complexity index is 132. The number of hydrogen-bond donors (Lipinski definition) is 1. The van der Waals surface area contributed by atoms with Crippen molar-refractivity contribution in [2.24, 2.45) is 5.92 Å². The molecule has 0 amide bonds. The molecule has 0 rings (SSSR count). The van der Waals surface area contributed by atoms with Crippen molar-refractivity contribution in [2.45, 2.75) is 53.1 Å². The zero-order valence-corrected chi connectivity index (χ0v) is 8.80. The molecule has 0 spiro atoms. The van der Waals surface area contributed by atoms with E-state index in [1.807, 2.05) is 6.92 Å². The van der Waals surface area contributed by atoms with Gasteiger partial charge in [0.15, 0.2) is 0 Å². The topological polar surface area (TPSA) is 20.2 Å². The number of rotatable bonds is 5. The third kappa shape index (κ3) is 7.80. The lowest BCUT2D eigenvalue weighted by Gasteiger charge is -2.11. The van der Waals surface area contributed by atoms with Gasteiger partial charge in [0.1, 0.15) is 0 Å². The van der Waals surface area contributed by atoms with Gasteiger partial charge in [-0.3, -0.25) is 0 Å². The molecule has 12 heavy (non-hydrogen) atoms. The van der Waals surface area contributed by atoms with Crippen LogP contribution in [0.1, 0.15) is 47.0 Å². The monoisotopic (exact) mass is 170 g/mol. The Balaban J connectivity index is 3.44. The summed E-state index contributed by atoms with van der Waals surface area (Å²) >= 11 is 0. The lowest BCUT2D eigenvalue weighted by molar-refractivity contribution is 0.162. The Morgan fingerprint density at radius 3 is 2.33 bits per heavy atom. The Hall–Kier alpha value is -0.300. The molecule has 0 aromatic carbocycles. The Labute approximate surface area is 76.5 Å². The van der Waals surface area contributed by atoms with Crippen molar-refractivity contribution in [3.05, 3.63) is 11.6 Å². The van der Waals surface area contributed by atoms with Crippen LogP contribution in [0.3, 0.4) is 0 Å². The molecule has 0 unspecified atom stereocenters. The van der Waals surface area contributed by atoms with Crippen LogP contribution in [-0.2, 0) is 0 Å². The first-order valence-electron chi connectivity index (χ1n) is 4.83. The van der Waals surface area contributed by atoms with Crippen molar-refractivity contribution < 1.29 is 5.11 Å². The summed E-state index contributed by atoms with van der Waals surface area (Å²) in [4.78, 5) is 0. The Morgan fingerprint density at radius 1 is 1.33 bits per heavy atom. The summed E-state index contributed by atoms with van der Waals surface area (Å²) in [5.41, 5.74) is 1.39. The van der Waals surface area contributed by atoms with Gasteiger partial charge in [-0.15, -0.1) is 0 Å². The van der Waals surface area contributed by atoms with Crippen molar-refractivity contribution >= 4 is 0 Å². The first kappa shape index (κ1) is 11.7. The molecule has 2 atom stereocenters. The molecule has 0 aromatic rings. The maximum atomic E-state index is 9.12. The van der Waals surface area contributed by atoms with Crippen molar-refractivity contribution in [3.63, 3.8) is 0 Å². The SMILES string of the molecule is CC(C)=CCC[C@H](C)C[C@H](C)O. The van der Waals surface area contributed by atoms with E-state index in [-0.39, 0.29) is 6.10 Å². The zero-order chi connectivity index (χ0) is 9.56. The van der Waals surface area contributed by atoms with E-state index in [1.165, 1.54) is 12.0 Å². The Morgan fingerprint density at radius 2 is 1.92 bits per heavy atom. The van der Waals surface area contributed by atoms with Gasteiger partial charge in [0.2, 0.25) is 0 Å². The number of aliphatic hydroxyl groups excluding tert-OH is 1. The second kappa shape index (κ2) is 6.24. The minimum absolute atomic E-state index is 0.147. The van der Waals surface area contributed by atoms with Crippen molar-refractivity contribution in [2.75, 3.05) is 0 Å². The van der Waals surface area contributed by atoms with Crippen LogP contribution in [0.15, 0.2) is 11.6 Å². The largest absolute Gasteiger partial charge is 0.393 e. The third-order valence-corrected chi connectivity index (χ3v) is 1.96.